The highest BCUT2D eigenvalue weighted by Crippen LogP contribution is 2.14. The molecule has 0 bridgehead atoms. The summed E-state index contributed by atoms with van der Waals surface area (Å²) in [5, 5.41) is 7.04. The second-order valence-corrected chi connectivity index (χ2v) is 5.16. The van der Waals surface area contributed by atoms with Gasteiger partial charge in [0.15, 0.2) is 9.84 Å². The van der Waals surface area contributed by atoms with Gasteiger partial charge in [-0.2, -0.15) is 0 Å². The zero-order chi connectivity index (χ0) is 11.5. The van der Waals surface area contributed by atoms with E-state index >= 15 is 0 Å². The van der Waals surface area contributed by atoms with Crippen LogP contribution in [-0.2, 0) is 14.6 Å². The van der Waals surface area contributed by atoms with Gasteiger partial charge < -0.3 is 10.8 Å². The van der Waals surface area contributed by atoms with E-state index in [-0.39, 0.29) is 4.90 Å². The van der Waals surface area contributed by atoms with Crippen LogP contribution in [0.1, 0.15) is 6.42 Å². The average molecular weight is 229 g/mol. The Kier molecular flexibility index (Phi) is 3.43. The third kappa shape index (κ3) is 2.77. The van der Waals surface area contributed by atoms with E-state index in [1.165, 1.54) is 12.1 Å². The Hall–Kier alpha value is -1.40. The molecule has 0 amide bonds. The number of carboxylic acid groups (broad SMARTS) is 1. The number of carbonyl (C=O) groups is 1. The highest BCUT2D eigenvalue weighted by molar-refractivity contribution is 7.92. The van der Waals surface area contributed by atoms with E-state index in [0.29, 0.717) is 0 Å². The quantitative estimate of drug-likeness (QED) is 0.769. The van der Waals surface area contributed by atoms with Gasteiger partial charge in [-0.05, 0) is 12.1 Å². The minimum Gasteiger partial charge on any atom is -0.481 e. The Morgan fingerprint density at radius 2 is 1.87 bits per heavy atom. The molecular weight excluding hydrogens is 218 g/mol. The number of benzene rings is 1. The van der Waals surface area contributed by atoms with Crippen molar-refractivity contribution in [3.63, 3.8) is 0 Å². The van der Waals surface area contributed by atoms with E-state index in [0.717, 1.165) is 0 Å². The van der Waals surface area contributed by atoms with Gasteiger partial charge in [0.25, 0.3) is 0 Å². The molecule has 1 aromatic rings. The molecule has 0 aliphatic carbocycles. The van der Waals surface area contributed by atoms with Gasteiger partial charge in [-0.25, -0.2) is 8.42 Å². The second-order valence-electron chi connectivity index (χ2n) is 2.99. The Balaban J connectivity index is 2.99. The molecule has 0 aliphatic heterocycles. The van der Waals surface area contributed by atoms with Crippen LogP contribution in [0.4, 0.5) is 0 Å². The fourth-order valence-electron chi connectivity index (χ4n) is 1.07. The molecule has 0 aromatic heterocycles. The summed E-state index contributed by atoms with van der Waals surface area (Å²) in [6, 6.07) is 7.55. The van der Waals surface area contributed by atoms with Gasteiger partial charge in [0.2, 0.25) is 0 Å². The Morgan fingerprint density at radius 3 is 2.33 bits per heavy atom. The summed E-state index contributed by atoms with van der Waals surface area (Å²) in [6.07, 6.45) is -0.600. The van der Waals surface area contributed by atoms with Crippen molar-refractivity contribution < 1.29 is 18.3 Å². The molecule has 82 valence electrons. The lowest BCUT2D eigenvalue weighted by molar-refractivity contribution is -0.137. The van der Waals surface area contributed by atoms with E-state index in [2.05, 4.69) is 0 Å². The third-order valence-electron chi connectivity index (χ3n) is 1.85. The van der Waals surface area contributed by atoms with Gasteiger partial charge in [0, 0.05) is 0 Å². The number of sulfone groups is 1. The summed E-state index contributed by atoms with van der Waals surface area (Å²) < 4.78 is 23.4. The zero-order valence-corrected chi connectivity index (χ0v) is 8.65. The molecule has 5 nitrogen and oxygen atoms in total. The molecule has 15 heavy (non-hydrogen) atoms. The van der Waals surface area contributed by atoms with E-state index < -0.39 is 27.6 Å². The lowest BCUT2D eigenvalue weighted by Gasteiger charge is -2.10. The number of rotatable bonds is 4. The van der Waals surface area contributed by atoms with Crippen LogP contribution < -0.4 is 5.73 Å². The molecule has 1 rings (SSSR count). The second kappa shape index (κ2) is 4.41. The Morgan fingerprint density at radius 1 is 1.33 bits per heavy atom. The normalized spacial score (nSPS) is 13.4. The van der Waals surface area contributed by atoms with Crippen molar-refractivity contribution in [1.29, 1.82) is 0 Å². The van der Waals surface area contributed by atoms with Crippen LogP contribution in [0.15, 0.2) is 35.2 Å². The number of carboxylic acids is 1. The first-order chi connectivity index (χ1) is 6.94. The first kappa shape index (κ1) is 11.7. The first-order valence-electron chi connectivity index (χ1n) is 4.21. The molecule has 0 heterocycles. The van der Waals surface area contributed by atoms with Crippen LogP contribution in [0.5, 0.6) is 0 Å². The Bertz CT molecular complexity index is 440. The van der Waals surface area contributed by atoms with Crippen LogP contribution in [0.2, 0.25) is 0 Å². The topological polar surface area (TPSA) is 97.5 Å². The zero-order valence-electron chi connectivity index (χ0n) is 7.83. The standard InChI is InChI=1S/C9H11NO4S/c10-8(6-9(11)12)15(13,14)7-4-2-1-3-5-7/h1-5,8H,6,10H2,(H,11,12). The largest absolute Gasteiger partial charge is 0.481 e. The summed E-state index contributed by atoms with van der Waals surface area (Å²) >= 11 is 0. The molecule has 1 aromatic carbocycles. The molecule has 0 spiro atoms. The fourth-order valence-corrected chi connectivity index (χ4v) is 2.31. The predicted molar refractivity (Wildman–Crippen MR) is 53.9 cm³/mol. The van der Waals surface area contributed by atoms with Crippen molar-refractivity contribution in [2.75, 3.05) is 0 Å². The SMILES string of the molecule is NC(CC(=O)O)S(=O)(=O)c1ccccc1. The van der Waals surface area contributed by atoms with Crippen molar-refractivity contribution in [2.24, 2.45) is 5.73 Å². The third-order valence-corrected chi connectivity index (χ3v) is 3.74. The maximum absolute atomic E-state index is 11.7. The van der Waals surface area contributed by atoms with Gasteiger partial charge in [-0.3, -0.25) is 4.79 Å². The molecule has 1 atom stereocenters. The molecular formula is C9H11NO4S. The molecule has 0 saturated heterocycles. The molecule has 0 aliphatic rings. The van der Waals surface area contributed by atoms with Gasteiger partial charge in [0.1, 0.15) is 5.37 Å². The van der Waals surface area contributed by atoms with Crippen molar-refractivity contribution in [2.45, 2.75) is 16.7 Å². The number of aliphatic carboxylic acids is 1. The minimum atomic E-state index is -3.74. The molecule has 0 saturated carbocycles. The Labute approximate surface area is 87.4 Å². The van der Waals surface area contributed by atoms with Crippen LogP contribution >= 0.6 is 0 Å². The fraction of sp³-hybridized carbons (Fsp3) is 0.222. The average Bonchev–Trinajstić information content (AvgIpc) is 2.18. The first-order valence-corrected chi connectivity index (χ1v) is 5.75. The summed E-state index contributed by atoms with van der Waals surface area (Å²) in [5.74, 6) is -1.23. The monoisotopic (exact) mass is 229 g/mol. The maximum Gasteiger partial charge on any atom is 0.306 e. The van der Waals surface area contributed by atoms with Gasteiger partial charge in [0.05, 0.1) is 11.3 Å². The number of nitrogens with two attached hydrogens (primary N) is 1. The van der Waals surface area contributed by atoms with Crippen LogP contribution in [0, 0.1) is 0 Å². The smallest absolute Gasteiger partial charge is 0.306 e. The van der Waals surface area contributed by atoms with Crippen LogP contribution in [-0.4, -0.2) is 24.9 Å². The summed E-state index contributed by atoms with van der Waals surface area (Å²) in [4.78, 5) is 10.4. The van der Waals surface area contributed by atoms with Crippen LogP contribution in [0.3, 0.4) is 0 Å². The van der Waals surface area contributed by atoms with Crippen molar-refractivity contribution in [1.82, 2.24) is 0 Å². The summed E-state index contributed by atoms with van der Waals surface area (Å²) in [5.41, 5.74) is 5.32. The number of hydrogen-bond acceptors (Lipinski definition) is 4. The van der Waals surface area contributed by atoms with Crippen molar-refractivity contribution in [3.8, 4) is 0 Å². The predicted octanol–water partition coefficient (Wildman–Crippen LogP) is 0.220. The molecule has 0 fully saturated rings. The van der Waals surface area contributed by atoms with Gasteiger partial charge in [-0.1, -0.05) is 18.2 Å². The minimum absolute atomic E-state index is 0.0405. The lowest BCUT2D eigenvalue weighted by atomic mass is 10.4. The van der Waals surface area contributed by atoms with Gasteiger partial charge in [-0.15, -0.1) is 0 Å². The van der Waals surface area contributed by atoms with Gasteiger partial charge >= 0.3 is 5.97 Å². The number of hydrogen-bond donors (Lipinski definition) is 2. The molecule has 0 radical (unpaired) electrons. The van der Waals surface area contributed by atoms with Crippen LogP contribution in [0.25, 0.3) is 0 Å². The molecule has 3 N–H and O–H groups in total. The molecule has 6 heteroatoms. The van der Waals surface area contributed by atoms with E-state index in [4.69, 9.17) is 10.8 Å². The lowest BCUT2D eigenvalue weighted by Crippen LogP contribution is -2.32. The highest BCUT2D eigenvalue weighted by Gasteiger charge is 2.25. The van der Waals surface area contributed by atoms with E-state index in [9.17, 15) is 13.2 Å². The van der Waals surface area contributed by atoms with Crippen molar-refractivity contribution >= 4 is 15.8 Å². The summed E-state index contributed by atoms with van der Waals surface area (Å²) in [6.45, 7) is 0. The van der Waals surface area contributed by atoms with E-state index in [1.54, 1.807) is 18.2 Å². The summed E-state index contributed by atoms with van der Waals surface area (Å²) in [7, 11) is -3.74. The molecule has 1 unspecified atom stereocenters. The van der Waals surface area contributed by atoms with Crippen molar-refractivity contribution in [3.05, 3.63) is 30.3 Å². The van der Waals surface area contributed by atoms with E-state index in [1.807, 2.05) is 0 Å². The highest BCUT2D eigenvalue weighted by atomic mass is 32.2. The maximum atomic E-state index is 11.7.